The number of benzene rings is 1. The molecule has 0 aliphatic heterocycles. The SMILES string of the molecule is CC(C)CCSc1ccc(CN)cc1. The van der Waals surface area contributed by atoms with Crippen molar-refractivity contribution in [1.29, 1.82) is 0 Å². The summed E-state index contributed by atoms with van der Waals surface area (Å²) in [5.41, 5.74) is 6.74. The molecule has 1 nitrogen and oxygen atoms in total. The molecule has 0 saturated carbocycles. The zero-order chi connectivity index (χ0) is 10.4. The Labute approximate surface area is 91.1 Å². The van der Waals surface area contributed by atoms with Gasteiger partial charge in [0.25, 0.3) is 0 Å². The van der Waals surface area contributed by atoms with E-state index in [1.165, 1.54) is 22.6 Å². The third-order valence-corrected chi connectivity index (χ3v) is 3.17. The number of nitrogens with two attached hydrogens (primary N) is 1. The van der Waals surface area contributed by atoms with E-state index in [9.17, 15) is 0 Å². The minimum Gasteiger partial charge on any atom is -0.326 e. The van der Waals surface area contributed by atoms with Crippen LogP contribution in [0, 0.1) is 5.92 Å². The second kappa shape index (κ2) is 6.10. The van der Waals surface area contributed by atoms with E-state index in [2.05, 4.69) is 38.1 Å². The Morgan fingerprint density at radius 3 is 2.36 bits per heavy atom. The predicted molar refractivity (Wildman–Crippen MR) is 64.5 cm³/mol. The lowest BCUT2D eigenvalue weighted by atomic mass is 10.2. The fourth-order valence-corrected chi connectivity index (χ4v) is 2.29. The molecule has 0 spiro atoms. The van der Waals surface area contributed by atoms with E-state index in [0.717, 1.165) is 5.92 Å². The van der Waals surface area contributed by atoms with Crippen LogP contribution in [0.25, 0.3) is 0 Å². The summed E-state index contributed by atoms with van der Waals surface area (Å²) in [6, 6.07) is 8.54. The average Bonchev–Trinajstić information content (AvgIpc) is 2.18. The lowest BCUT2D eigenvalue weighted by Gasteiger charge is -2.04. The Hall–Kier alpha value is -0.470. The molecule has 2 N–H and O–H groups in total. The molecule has 0 radical (unpaired) electrons. The van der Waals surface area contributed by atoms with Crippen molar-refractivity contribution in [2.75, 3.05) is 5.75 Å². The van der Waals surface area contributed by atoms with E-state index < -0.39 is 0 Å². The number of hydrogen-bond donors (Lipinski definition) is 1. The van der Waals surface area contributed by atoms with Crippen LogP contribution in [-0.2, 0) is 6.54 Å². The molecular weight excluding hydrogens is 190 g/mol. The van der Waals surface area contributed by atoms with Crippen LogP contribution in [0.3, 0.4) is 0 Å². The molecule has 0 bridgehead atoms. The van der Waals surface area contributed by atoms with Crippen molar-refractivity contribution in [3.8, 4) is 0 Å². The summed E-state index contributed by atoms with van der Waals surface area (Å²) in [5, 5.41) is 0. The second-order valence-electron chi connectivity index (χ2n) is 3.88. The van der Waals surface area contributed by atoms with Gasteiger partial charge in [-0.05, 0) is 35.8 Å². The molecule has 0 aromatic heterocycles. The second-order valence-corrected chi connectivity index (χ2v) is 5.05. The highest BCUT2D eigenvalue weighted by Gasteiger charge is 1.97. The minimum atomic E-state index is 0.636. The zero-order valence-electron chi connectivity index (χ0n) is 8.99. The van der Waals surface area contributed by atoms with Crippen molar-refractivity contribution in [2.45, 2.75) is 31.7 Å². The minimum absolute atomic E-state index is 0.636. The van der Waals surface area contributed by atoms with Crippen LogP contribution < -0.4 is 5.73 Å². The van der Waals surface area contributed by atoms with Gasteiger partial charge in [-0.2, -0.15) is 0 Å². The van der Waals surface area contributed by atoms with Crippen molar-refractivity contribution in [2.24, 2.45) is 11.7 Å². The maximum atomic E-state index is 5.53. The van der Waals surface area contributed by atoms with E-state index >= 15 is 0 Å². The molecule has 0 amide bonds. The summed E-state index contributed by atoms with van der Waals surface area (Å²) in [5.74, 6) is 2.01. The third-order valence-electron chi connectivity index (χ3n) is 2.12. The lowest BCUT2D eigenvalue weighted by Crippen LogP contribution is -1.95. The smallest absolute Gasteiger partial charge is 0.0178 e. The molecule has 1 rings (SSSR count). The zero-order valence-corrected chi connectivity index (χ0v) is 9.81. The van der Waals surface area contributed by atoms with Crippen LogP contribution in [0.1, 0.15) is 25.8 Å². The maximum Gasteiger partial charge on any atom is 0.0178 e. The first kappa shape index (κ1) is 11.6. The molecule has 1 aromatic rings. The van der Waals surface area contributed by atoms with Gasteiger partial charge in [-0.3, -0.25) is 0 Å². The highest BCUT2D eigenvalue weighted by molar-refractivity contribution is 7.99. The van der Waals surface area contributed by atoms with E-state index in [1.807, 2.05) is 11.8 Å². The number of thioether (sulfide) groups is 1. The Kier molecular flexibility index (Phi) is 5.05. The van der Waals surface area contributed by atoms with Gasteiger partial charge >= 0.3 is 0 Å². The molecule has 1 aromatic carbocycles. The summed E-state index contributed by atoms with van der Waals surface area (Å²) < 4.78 is 0. The van der Waals surface area contributed by atoms with Crippen LogP contribution in [0.2, 0.25) is 0 Å². The van der Waals surface area contributed by atoms with E-state index in [4.69, 9.17) is 5.73 Å². The van der Waals surface area contributed by atoms with Gasteiger partial charge in [0.15, 0.2) is 0 Å². The molecule has 0 heterocycles. The summed E-state index contributed by atoms with van der Waals surface area (Å²) in [7, 11) is 0. The van der Waals surface area contributed by atoms with Crippen molar-refractivity contribution in [3.63, 3.8) is 0 Å². The fraction of sp³-hybridized carbons (Fsp3) is 0.500. The number of rotatable bonds is 5. The first-order valence-electron chi connectivity index (χ1n) is 5.14. The molecule has 0 aliphatic carbocycles. The van der Waals surface area contributed by atoms with Crippen LogP contribution >= 0.6 is 11.8 Å². The third kappa shape index (κ3) is 4.16. The number of hydrogen-bond acceptors (Lipinski definition) is 2. The van der Waals surface area contributed by atoms with Crippen LogP contribution in [0.4, 0.5) is 0 Å². The molecule has 0 aliphatic rings. The molecule has 2 heteroatoms. The normalized spacial score (nSPS) is 10.9. The summed E-state index contributed by atoms with van der Waals surface area (Å²) in [4.78, 5) is 1.35. The Bertz CT molecular complexity index is 254. The van der Waals surface area contributed by atoms with Crippen LogP contribution in [-0.4, -0.2) is 5.75 Å². The Morgan fingerprint density at radius 1 is 1.21 bits per heavy atom. The van der Waals surface area contributed by atoms with Crippen molar-refractivity contribution >= 4 is 11.8 Å². The monoisotopic (exact) mass is 209 g/mol. The first-order valence-corrected chi connectivity index (χ1v) is 6.12. The molecule has 0 saturated heterocycles. The van der Waals surface area contributed by atoms with Gasteiger partial charge < -0.3 is 5.73 Å². The quantitative estimate of drug-likeness (QED) is 0.753. The van der Waals surface area contributed by atoms with Crippen LogP contribution in [0.15, 0.2) is 29.2 Å². The fourth-order valence-electron chi connectivity index (χ4n) is 1.13. The molecule has 78 valence electrons. The van der Waals surface area contributed by atoms with Gasteiger partial charge in [-0.15, -0.1) is 11.8 Å². The van der Waals surface area contributed by atoms with Crippen molar-refractivity contribution < 1.29 is 0 Å². The first-order chi connectivity index (χ1) is 6.72. The van der Waals surface area contributed by atoms with Crippen LogP contribution in [0.5, 0.6) is 0 Å². The van der Waals surface area contributed by atoms with Gasteiger partial charge in [-0.1, -0.05) is 26.0 Å². The van der Waals surface area contributed by atoms with Gasteiger partial charge in [0.2, 0.25) is 0 Å². The average molecular weight is 209 g/mol. The van der Waals surface area contributed by atoms with E-state index in [1.54, 1.807) is 0 Å². The standard InChI is InChI=1S/C12H19NS/c1-10(2)7-8-14-12-5-3-11(9-13)4-6-12/h3-6,10H,7-9,13H2,1-2H3. The predicted octanol–water partition coefficient (Wildman–Crippen LogP) is 3.28. The van der Waals surface area contributed by atoms with Crippen molar-refractivity contribution in [1.82, 2.24) is 0 Å². The van der Waals surface area contributed by atoms with Gasteiger partial charge in [0.1, 0.15) is 0 Å². The van der Waals surface area contributed by atoms with Gasteiger partial charge in [0.05, 0.1) is 0 Å². The summed E-state index contributed by atoms with van der Waals surface area (Å²) in [6.07, 6.45) is 1.28. The molecule has 0 atom stereocenters. The van der Waals surface area contributed by atoms with E-state index in [-0.39, 0.29) is 0 Å². The lowest BCUT2D eigenvalue weighted by molar-refractivity contribution is 0.632. The molecular formula is C12H19NS. The summed E-state index contributed by atoms with van der Waals surface area (Å²) in [6.45, 7) is 5.16. The highest BCUT2D eigenvalue weighted by atomic mass is 32.2. The van der Waals surface area contributed by atoms with E-state index in [0.29, 0.717) is 6.54 Å². The molecule has 0 fully saturated rings. The van der Waals surface area contributed by atoms with Gasteiger partial charge in [-0.25, -0.2) is 0 Å². The topological polar surface area (TPSA) is 26.0 Å². The maximum absolute atomic E-state index is 5.53. The highest BCUT2D eigenvalue weighted by Crippen LogP contribution is 2.20. The Morgan fingerprint density at radius 2 is 1.86 bits per heavy atom. The van der Waals surface area contributed by atoms with Crippen molar-refractivity contribution in [3.05, 3.63) is 29.8 Å². The largest absolute Gasteiger partial charge is 0.326 e. The molecule has 14 heavy (non-hydrogen) atoms. The van der Waals surface area contributed by atoms with Gasteiger partial charge in [0, 0.05) is 11.4 Å². The summed E-state index contributed by atoms with van der Waals surface area (Å²) >= 11 is 1.93. The Balaban J connectivity index is 2.36. The molecule has 0 unspecified atom stereocenters.